The van der Waals surface area contributed by atoms with Gasteiger partial charge in [0.15, 0.2) is 0 Å². The molecule has 0 aromatic carbocycles. The molecule has 0 aliphatic heterocycles. The van der Waals surface area contributed by atoms with Gasteiger partial charge in [0.05, 0.1) is 12.0 Å². The van der Waals surface area contributed by atoms with Crippen molar-refractivity contribution in [2.45, 2.75) is 50.9 Å². The maximum atomic E-state index is 11.8. The van der Waals surface area contributed by atoms with Crippen LogP contribution in [-0.2, 0) is 6.42 Å². The van der Waals surface area contributed by atoms with Crippen molar-refractivity contribution < 1.29 is 0 Å². The van der Waals surface area contributed by atoms with Crippen molar-refractivity contribution in [1.82, 2.24) is 9.97 Å². The van der Waals surface area contributed by atoms with E-state index in [4.69, 9.17) is 5.73 Å². The molecule has 1 saturated carbocycles. The van der Waals surface area contributed by atoms with Crippen LogP contribution in [0.5, 0.6) is 0 Å². The molecule has 0 spiro atoms. The van der Waals surface area contributed by atoms with Gasteiger partial charge in [-0.2, -0.15) is 0 Å². The highest BCUT2D eigenvalue weighted by molar-refractivity contribution is 5.21. The van der Waals surface area contributed by atoms with Crippen LogP contribution in [0.4, 0.5) is 0 Å². The fraction of sp³-hybridized carbons (Fsp3) is 0.692. The van der Waals surface area contributed by atoms with Gasteiger partial charge in [0, 0.05) is 11.5 Å². The largest absolute Gasteiger partial charge is 0.330 e. The molecule has 3 N–H and O–H groups in total. The van der Waals surface area contributed by atoms with Crippen molar-refractivity contribution in [2.24, 2.45) is 5.73 Å². The van der Waals surface area contributed by atoms with E-state index in [9.17, 15) is 4.79 Å². The summed E-state index contributed by atoms with van der Waals surface area (Å²) in [5, 5.41) is 0. The van der Waals surface area contributed by atoms with E-state index in [0.717, 1.165) is 24.1 Å². The van der Waals surface area contributed by atoms with E-state index in [2.05, 4.69) is 9.97 Å². The van der Waals surface area contributed by atoms with E-state index < -0.39 is 0 Å². The Morgan fingerprint density at radius 3 is 2.65 bits per heavy atom. The number of nitrogens with two attached hydrogens (primary N) is 1. The second-order valence-electron chi connectivity index (χ2n) is 4.82. The highest BCUT2D eigenvalue weighted by Gasteiger charge is 2.20. The van der Waals surface area contributed by atoms with Crippen LogP contribution in [0.25, 0.3) is 0 Å². The molecule has 1 aliphatic carbocycles. The van der Waals surface area contributed by atoms with E-state index in [1.165, 1.54) is 32.0 Å². The third-order valence-electron chi connectivity index (χ3n) is 3.62. The molecule has 4 heteroatoms. The zero-order valence-corrected chi connectivity index (χ0v) is 10.2. The first-order chi connectivity index (χ1) is 8.33. The molecular formula is C13H21N3O. The van der Waals surface area contributed by atoms with Crippen molar-refractivity contribution >= 4 is 0 Å². The van der Waals surface area contributed by atoms with Crippen LogP contribution in [0.15, 0.2) is 11.1 Å². The molecule has 1 aliphatic rings. The molecule has 0 bridgehead atoms. The summed E-state index contributed by atoms with van der Waals surface area (Å²) in [5.41, 5.74) is 7.38. The summed E-state index contributed by atoms with van der Waals surface area (Å²) in [5.74, 6) is 0.460. The molecule has 0 unspecified atom stereocenters. The topological polar surface area (TPSA) is 71.8 Å². The van der Waals surface area contributed by atoms with Gasteiger partial charge in [-0.05, 0) is 25.8 Å². The van der Waals surface area contributed by atoms with Crippen LogP contribution < -0.4 is 11.3 Å². The van der Waals surface area contributed by atoms with Gasteiger partial charge < -0.3 is 10.7 Å². The Bertz CT molecular complexity index is 405. The van der Waals surface area contributed by atoms with Gasteiger partial charge in [-0.25, -0.2) is 4.98 Å². The monoisotopic (exact) mass is 235 g/mol. The summed E-state index contributed by atoms with van der Waals surface area (Å²) in [6.07, 6.45) is 9.61. The number of nitrogens with one attached hydrogen (secondary N) is 1. The Hall–Kier alpha value is -1.16. The predicted molar refractivity (Wildman–Crippen MR) is 68.1 cm³/mol. The first kappa shape index (κ1) is 12.3. The Morgan fingerprint density at radius 1 is 1.29 bits per heavy atom. The minimum Gasteiger partial charge on any atom is -0.330 e. The lowest BCUT2D eigenvalue weighted by atomic mass is 9.92. The van der Waals surface area contributed by atoms with Gasteiger partial charge in [0.1, 0.15) is 0 Å². The maximum Gasteiger partial charge on any atom is 0.254 e. The van der Waals surface area contributed by atoms with Crippen molar-refractivity contribution in [3.05, 3.63) is 27.9 Å². The molecule has 1 fully saturated rings. The highest BCUT2D eigenvalue weighted by atomic mass is 16.1. The molecular weight excluding hydrogens is 214 g/mol. The highest BCUT2D eigenvalue weighted by Crippen LogP contribution is 2.31. The Labute approximate surface area is 102 Å². The van der Waals surface area contributed by atoms with Gasteiger partial charge in [-0.15, -0.1) is 0 Å². The summed E-state index contributed by atoms with van der Waals surface area (Å²) in [7, 11) is 0. The number of hydrogen-bond donors (Lipinski definition) is 2. The van der Waals surface area contributed by atoms with Crippen LogP contribution in [0.1, 0.15) is 55.7 Å². The summed E-state index contributed by atoms with van der Waals surface area (Å²) >= 11 is 0. The molecule has 0 amide bonds. The maximum absolute atomic E-state index is 11.8. The predicted octanol–water partition coefficient (Wildman–Crippen LogP) is 1.71. The van der Waals surface area contributed by atoms with E-state index in [1.807, 2.05) is 0 Å². The Kier molecular flexibility index (Phi) is 4.31. The standard InChI is InChI=1S/C13H21N3O/c14-8-7-11-12(15-9-16-13(11)17)10-5-3-1-2-4-6-10/h9-10H,1-8,14H2,(H,15,16,17). The zero-order valence-electron chi connectivity index (χ0n) is 10.2. The van der Waals surface area contributed by atoms with Crippen molar-refractivity contribution in [1.29, 1.82) is 0 Å². The molecule has 1 aromatic heterocycles. The fourth-order valence-electron chi connectivity index (χ4n) is 2.73. The third kappa shape index (κ3) is 2.94. The van der Waals surface area contributed by atoms with Gasteiger partial charge in [-0.1, -0.05) is 25.7 Å². The van der Waals surface area contributed by atoms with Gasteiger partial charge in [0.25, 0.3) is 5.56 Å². The first-order valence-corrected chi connectivity index (χ1v) is 6.59. The summed E-state index contributed by atoms with van der Waals surface area (Å²) in [6, 6.07) is 0. The molecule has 17 heavy (non-hydrogen) atoms. The van der Waals surface area contributed by atoms with Gasteiger partial charge in [-0.3, -0.25) is 4.79 Å². The lowest BCUT2D eigenvalue weighted by Crippen LogP contribution is -2.21. The number of hydrogen-bond acceptors (Lipinski definition) is 3. The van der Waals surface area contributed by atoms with Gasteiger partial charge >= 0.3 is 0 Å². The summed E-state index contributed by atoms with van der Waals surface area (Å²) in [6.45, 7) is 0.508. The number of H-pyrrole nitrogens is 1. The van der Waals surface area contributed by atoms with Crippen LogP contribution in [-0.4, -0.2) is 16.5 Å². The minimum absolute atomic E-state index is 0.00954. The molecule has 1 heterocycles. The molecule has 94 valence electrons. The van der Waals surface area contributed by atoms with Crippen molar-refractivity contribution in [3.63, 3.8) is 0 Å². The number of rotatable bonds is 3. The molecule has 1 aromatic rings. The lowest BCUT2D eigenvalue weighted by Gasteiger charge is -2.16. The average Bonchev–Trinajstić information content (AvgIpc) is 2.60. The van der Waals surface area contributed by atoms with E-state index in [0.29, 0.717) is 18.9 Å². The van der Waals surface area contributed by atoms with Crippen molar-refractivity contribution in [2.75, 3.05) is 6.54 Å². The molecule has 0 atom stereocenters. The number of nitrogens with zero attached hydrogens (tertiary/aromatic N) is 1. The normalized spacial score (nSPS) is 17.9. The summed E-state index contributed by atoms with van der Waals surface area (Å²) < 4.78 is 0. The third-order valence-corrected chi connectivity index (χ3v) is 3.62. The quantitative estimate of drug-likeness (QED) is 0.783. The first-order valence-electron chi connectivity index (χ1n) is 6.59. The van der Waals surface area contributed by atoms with E-state index in [1.54, 1.807) is 0 Å². The second-order valence-corrected chi connectivity index (χ2v) is 4.82. The lowest BCUT2D eigenvalue weighted by molar-refractivity contribution is 0.568. The smallest absolute Gasteiger partial charge is 0.254 e. The minimum atomic E-state index is -0.00954. The molecule has 2 rings (SSSR count). The molecule has 4 nitrogen and oxygen atoms in total. The van der Waals surface area contributed by atoms with Crippen LogP contribution in [0.2, 0.25) is 0 Å². The SMILES string of the molecule is NCCc1c(C2CCCCCC2)nc[nH]c1=O. The molecule has 0 saturated heterocycles. The fourth-order valence-corrected chi connectivity index (χ4v) is 2.73. The second kappa shape index (κ2) is 5.96. The Balaban J connectivity index is 2.29. The van der Waals surface area contributed by atoms with E-state index in [-0.39, 0.29) is 5.56 Å². The van der Waals surface area contributed by atoms with Crippen molar-refractivity contribution in [3.8, 4) is 0 Å². The van der Waals surface area contributed by atoms with Gasteiger partial charge in [0.2, 0.25) is 0 Å². The van der Waals surface area contributed by atoms with E-state index >= 15 is 0 Å². The Morgan fingerprint density at radius 2 is 2.00 bits per heavy atom. The number of aromatic amines is 1. The molecule has 0 radical (unpaired) electrons. The average molecular weight is 235 g/mol. The van der Waals surface area contributed by atoms with Crippen LogP contribution in [0.3, 0.4) is 0 Å². The van der Waals surface area contributed by atoms with Crippen LogP contribution >= 0.6 is 0 Å². The number of aromatic nitrogens is 2. The zero-order chi connectivity index (χ0) is 12.1. The summed E-state index contributed by atoms with van der Waals surface area (Å²) in [4.78, 5) is 18.9. The van der Waals surface area contributed by atoms with Crippen LogP contribution in [0, 0.1) is 0 Å².